The molecule has 0 radical (unpaired) electrons. The van der Waals surface area contributed by atoms with Crippen LogP contribution in [0.1, 0.15) is 43.7 Å². The number of ketones is 1. The highest BCUT2D eigenvalue weighted by molar-refractivity contribution is 6.00. The Morgan fingerprint density at radius 3 is 2.36 bits per heavy atom. The number of methoxy groups -OCH3 is 1. The van der Waals surface area contributed by atoms with Crippen LogP contribution in [0.25, 0.3) is 11.0 Å². The summed E-state index contributed by atoms with van der Waals surface area (Å²) in [5.74, 6) is -11.8. The van der Waals surface area contributed by atoms with Crippen LogP contribution in [0.5, 0.6) is 11.5 Å². The zero-order chi connectivity index (χ0) is 32.1. The molecular weight excluding hydrogens is 590 g/mol. The maximum absolute atomic E-state index is 14.1. The Hall–Kier alpha value is -4.62. The predicted octanol–water partition coefficient (Wildman–Crippen LogP) is 3.80. The lowest BCUT2D eigenvalue weighted by molar-refractivity contribution is -0.131. The number of benzene rings is 2. The SMILES string of the molecule is COc1cccc2oc(C(=O)N[C@@H](CC(C)C)C(=O)N[C@@H](C[C@@H]3CCNC3=O)C(=O)COc3c(F)c(F)cc(F)c3F)cc12. The Labute approximate surface area is 249 Å². The molecule has 0 bridgehead atoms. The molecule has 0 spiro atoms. The number of ether oxygens (including phenoxy) is 2. The van der Waals surface area contributed by atoms with Crippen LogP contribution < -0.4 is 25.4 Å². The number of rotatable bonds is 13. The number of carbonyl (C=O) groups is 4. The van der Waals surface area contributed by atoms with Crippen molar-refractivity contribution in [2.45, 2.75) is 45.2 Å². The van der Waals surface area contributed by atoms with Crippen molar-refractivity contribution in [3.05, 3.63) is 59.4 Å². The molecule has 0 aliphatic carbocycles. The number of furan rings is 1. The third kappa shape index (κ3) is 7.29. The Morgan fingerprint density at radius 1 is 1.05 bits per heavy atom. The molecule has 1 aromatic heterocycles. The van der Waals surface area contributed by atoms with Crippen LogP contribution >= 0.6 is 0 Å². The van der Waals surface area contributed by atoms with Crippen molar-refractivity contribution in [3.63, 3.8) is 0 Å². The lowest BCUT2D eigenvalue weighted by Crippen LogP contribution is -2.53. The molecule has 1 fully saturated rings. The van der Waals surface area contributed by atoms with E-state index < -0.39 is 71.2 Å². The first-order chi connectivity index (χ1) is 20.9. The van der Waals surface area contributed by atoms with Gasteiger partial charge in [-0.05, 0) is 37.3 Å². The van der Waals surface area contributed by atoms with E-state index in [1.165, 1.54) is 13.2 Å². The normalized spacial score (nSPS) is 16.0. The number of carbonyl (C=O) groups excluding carboxylic acids is 4. The summed E-state index contributed by atoms with van der Waals surface area (Å²) in [6.07, 6.45) is 0.286. The van der Waals surface area contributed by atoms with Crippen LogP contribution in [-0.4, -0.2) is 55.8 Å². The smallest absolute Gasteiger partial charge is 0.287 e. The fourth-order valence-electron chi connectivity index (χ4n) is 4.88. The molecule has 3 N–H and O–H groups in total. The number of Topliss-reactive ketones (excluding diaryl/α,β-unsaturated/α-hetero) is 1. The van der Waals surface area contributed by atoms with Gasteiger partial charge in [-0.15, -0.1) is 0 Å². The van der Waals surface area contributed by atoms with Gasteiger partial charge in [-0.3, -0.25) is 19.2 Å². The lowest BCUT2D eigenvalue weighted by Gasteiger charge is -2.25. The van der Waals surface area contributed by atoms with Gasteiger partial charge in [0.05, 0.1) is 18.5 Å². The van der Waals surface area contributed by atoms with Gasteiger partial charge >= 0.3 is 0 Å². The van der Waals surface area contributed by atoms with Crippen LogP contribution in [0, 0.1) is 35.1 Å². The van der Waals surface area contributed by atoms with Crippen LogP contribution in [0.3, 0.4) is 0 Å². The van der Waals surface area contributed by atoms with Crippen LogP contribution in [-0.2, 0) is 14.4 Å². The van der Waals surface area contributed by atoms with E-state index in [0.29, 0.717) is 29.7 Å². The van der Waals surface area contributed by atoms with E-state index in [9.17, 15) is 36.7 Å². The molecule has 14 heteroatoms. The molecule has 1 saturated heterocycles. The molecule has 44 heavy (non-hydrogen) atoms. The van der Waals surface area contributed by atoms with Crippen molar-refractivity contribution in [2.75, 3.05) is 20.3 Å². The van der Waals surface area contributed by atoms with Gasteiger partial charge in [0, 0.05) is 24.6 Å². The van der Waals surface area contributed by atoms with Crippen molar-refractivity contribution in [3.8, 4) is 11.5 Å². The van der Waals surface area contributed by atoms with E-state index in [-0.39, 0.29) is 36.5 Å². The number of fused-ring (bicyclic) bond motifs is 1. The van der Waals surface area contributed by atoms with Gasteiger partial charge < -0.3 is 29.8 Å². The molecular formula is C30H31F4N3O7. The highest BCUT2D eigenvalue weighted by atomic mass is 19.2. The van der Waals surface area contributed by atoms with Crippen molar-refractivity contribution >= 4 is 34.5 Å². The first-order valence-corrected chi connectivity index (χ1v) is 13.8. The second-order valence-electron chi connectivity index (χ2n) is 10.8. The van der Waals surface area contributed by atoms with E-state index in [0.717, 1.165) is 0 Å². The topological polar surface area (TPSA) is 136 Å². The molecule has 3 amide bonds. The van der Waals surface area contributed by atoms with Gasteiger partial charge in [0.25, 0.3) is 5.91 Å². The molecule has 2 heterocycles. The summed E-state index contributed by atoms with van der Waals surface area (Å²) in [4.78, 5) is 52.0. The van der Waals surface area contributed by atoms with Gasteiger partial charge in [-0.2, -0.15) is 8.78 Å². The molecule has 4 rings (SSSR count). The Kier molecular flexibility index (Phi) is 10.1. The lowest BCUT2D eigenvalue weighted by atomic mass is 9.95. The van der Waals surface area contributed by atoms with Gasteiger partial charge in [0.1, 0.15) is 24.0 Å². The zero-order valence-electron chi connectivity index (χ0n) is 24.1. The highest BCUT2D eigenvalue weighted by Crippen LogP contribution is 2.29. The molecule has 1 aliphatic rings. The first-order valence-electron chi connectivity index (χ1n) is 13.8. The minimum Gasteiger partial charge on any atom is -0.496 e. The van der Waals surface area contributed by atoms with Crippen LogP contribution in [0.15, 0.2) is 34.7 Å². The van der Waals surface area contributed by atoms with Crippen LogP contribution in [0.4, 0.5) is 17.6 Å². The third-order valence-electron chi connectivity index (χ3n) is 7.11. The fourth-order valence-corrected chi connectivity index (χ4v) is 4.88. The molecule has 0 saturated carbocycles. The zero-order valence-corrected chi connectivity index (χ0v) is 24.1. The van der Waals surface area contributed by atoms with E-state index in [1.54, 1.807) is 32.0 Å². The Morgan fingerprint density at radius 2 is 1.75 bits per heavy atom. The van der Waals surface area contributed by atoms with Gasteiger partial charge in [-0.1, -0.05) is 19.9 Å². The monoisotopic (exact) mass is 621 g/mol. The van der Waals surface area contributed by atoms with E-state index in [1.807, 2.05) is 0 Å². The summed E-state index contributed by atoms with van der Waals surface area (Å²) in [7, 11) is 1.46. The fraction of sp³-hybridized carbons (Fsp3) is 0.400. The second kappa shape index (κ2) is 13.8. The molecule has 236 valence electrons. The summed E-state index contributed by atoms with van der Waals surface area (Å²) in [6, 6.07) is 3.88. The van der Waals surface area contributed by atoms with Crippen LogP contribution in [0.2, 0.25) is 0 Å². The third-order valence-corrected chi connectivity index (χ3v) is 7.11. The average Bonchev–Trinajstić information content (AvgIpc) is 3.60. The summed E-state index contributed by atoms with van der Waals surface area (Å²) in [5.41, 5.74) is 0.380. The predicted molar refractivity (Wildman–Crippen MR) is 148 cm³/mol. The minimum atomic E-state index is -1.84. The van der Waals surface area contributed by atoms with Crippen molar-refractivity contribution in [1.82, 2.24) is 16.0 Å². The Balaban J connectivity index is 1.53. The number of nitrogens with one attached hydrogen (secondary N) is 3. The molecule has 0 unspecified atom stereocenters. The second-order valence-corrected chi connectivity index (χ2v) is 10.8. The van der Waals surface area contributed by atoms with E-state index in [2.05, 4.69) is 16.0 Å². The summed E-state index contributed by atoms with van der Waals surface area (Å²) in [6.45, 7) is 2.86. The summed E-state index contributed by atoms with van der Waals surface area (Å²) >= 11 is 0. The number of halogens is 4. The van der Waals surface area contributed by atoms with Crippen molar-refractivity contribution in [1.29, 1.82) is 0 Å². The van der Waals surface area contributed by atoms with Gasteiger partial charge in [0.15, 0.2) is 28.9 Å². The molecule has 10 nitrogen and oxygen atoms in total. The van der Waals surface area contributed by atoms with Gasteiger partial charge in [0.2, 0.25) is 23.4 Å². The number of hydrogen-bond donors (Lipinski definition) is 3. The van der Waals surface area contributed by atoms with Crippen molar-refractivity contribution < 1.29 is 50.6 Å². The molecule has 3 atom stereocenters. The van der Waals surface area contributed by atoms with E-state index >= 15 is 0 Å². The summed E-state index contributed by atoms with van der Waals surface area (Å²) < 4.78 is 71.1. The van der Waals surface area contributed by atoms with Crippen molar-refractivity contribution in [2.24, 2.45) is 11.8 Å². The molecule has 3 aromatic rings. The first kappa shape index (κ1) is 32.3. The number of amides is 3. The largest absolute Gasteiger partial charge is 0.496 e. The summed E-state index contributed by atoms with van der Waals surface area (Å²) in [5, 5.41) is 8.27. The molecule has 1 aliphatic heterocycles. The maximum Gasteiger partial charge on any atom is 0.287 e. The van der Waals surface area contributed by atoms with E-state index in [4.69, 9.17) is 13.9 Å². The quantitative estimate of drug-likeness (QED) is 0.195. The Bertz CT molecular complexity index is 1550. The number of hydrogen-bond acceptors (Lipinski definition) is 7. The standard InChI is InChI=1S/C30H31F4N3O7/c1-14(2)9-20(37-30(41)24-11-16-22(42-3)5-4-6-23(16)44-24)29(40)36-19(10-15-7-8-35-28(15)39)21(38)13-43-27-25(33)17(31)12-18(32)26(27)34/h4-6,11-12,14-15,19-20H,7-10,13H2,1-3H3,(H,35,39)(H,36,40)(H,37,41)/t15-,19-,20-/m0/s1. The molecule has 2 aromatic carbocycles. The van der Waals surface area contributed by atoms with Gasteiger partial charge in [-0.25, -0.2) is 8.78 Å². The average molecular weight is 622 g/mol. The maximum atomic E-state index is 14.1. The highest BCUT2D eigenvalue weighted by Gasteiger charge is 2.34. The minimum absolute atomic E-state index is 0.00785.